The fourth-order valence-corrected chi connectivity index (χ4v) is 2.76. The molecule has 0 aliphatic heterocycles. The molecule has 2 atom stereocenters. The van der Waals surface area contributed by atoms with Gasteiger partial charge in [0.05, 0.1) is 0 Å². The quantitative estimate of drug-likeness (QED) is 0.886. The summed E-state index contributed by atoms with van der Waals surface area (Å²) < 4.78 is 0. The molecule has 0 aliphatic carbocycles. The Bertz CT molecular complexity index is 540. The summed E-state index contributed by atoms with van der Waals surface area (Å²) in [7, 11) is 0. The summed E-state index contributed by atoms with van der Waals surface area (Å²) in [6.07, 6.45) is 3.65. The van der Waals surface area contributed by atoms with E-state index in [1.807, 2.05) is 36.7 Å². The summed E-state index contributed by atoms with van der Waals surface area (Å²) in [5, 5.41) is 0.749. The van der Waals surface area contributed by atoms with Gasteiger partial charge in [-0.05, 0) is 48.9 Å². The molecule has 2 N–H and O–H groups in total. The van der Waals surface area contributed by atoms with Crippen LogP contribution in [0.1, 0.15) is 31.0 Å². The van der Waals surface area contributed by atoms with Crippen LogP contribution < -0.4 is 5.73 Å². The Morgan fingerprint density at radius 3 is 2.29 bits per heavy atom. The van der Waals surface area contributed by atoms with E-state index in [1.165, 1.54) is 11.1 Å². The number of hydrogen-bond acceptors (Lipinski definition) is 3. The molecule has 0 aliphatic rings. The molecule has 2 unspecified atom stereocenters. The predicted octanol–water partition coefficient (Wildman–Crippen LogP) is 3.65. The maximum atomic E-state index is 6.25. The smallest absolute Gasteiger partial charge is 0.0499 e. The molecule has 1 aromatic carbocycles. The van der Waals surface area contributed by atoms with Gasteiger partial charge in [-0.2, -0.15) is 0 Å². The molecule has 1 heterocycles. The van der Waals surface area contributed by atoms with Crippen LogP contribution in [0.25, 0.3) is 0 Å². The number of rotatable bonds is 6. The monoisotopic (exact) mass is 303 g/mol. The van der Waals surface area contributed by atoms with Gasteiger partial charge in [0.15, 0.2) is 0 Å². The standard InChI is InChI=1S/C17H22ClN3/c1-3-21(12-14-8-10-20-11-9-14)17(13(2)19)15-4-6-16(18)7-5-15/h4-11,13,17H,3,12,19H2,1-2H3. The fraction of sp³-hybridized carbons (Fsp3) is 0.353. The summed E-state index contributed by atoms with van der Waals surface area (Å²) in [4.78, 5) is 6.45. The molecule has 0 radical (unpaired) electrons. The van der Waals surface area contributed by atoms with Gasteiger partial charge in [0.2, 0.25) is 0 Å². The van der Waals surface area contributed by atoms with Crippen molar-refractivity contribution in [3.8, 4) is 0 Å². The Hall–Kier alpha value is -1.42. The third kappa shape index (κ3) is 4.27. The molecule has 4 heteroatoms. The van der Waals surface area contributed by atoms with Crippen molar-refractivity contribution in [3.05, 3.63) is 64.9 Å². The van der Waals surface area contributed by atoms with Gasteiger partial charge in [0.25, 0.3) is 0 Å². The molecule has 0 saturated carbocycles. The maximum Gasteiger partial charge on any atom is 0.0499 e. The normalized spacial score (nSPS) is 14.1. The van der Waals surface area contributed by atoms with Crippen molar-refractivity contribution in [1.29, 1.82) is 0 Å². The first kappa shape index (κ1) is 16.0. The van der Waals surface area contributed by atoms with E-state index in [2.05, 4.69) is 35.9 Å². The molecule has 2 rings (SSSR count). The van der Waals surface area contributed by atoms with Crippen LogP contribution in [0.15, 0.2) is 48.8 Å². The van der Waals surface area contributed by atoms with Crippen molar-refractivity contribution >= 4 is 11.6 Å². The highest BCUT2D eigenvalue weighted by Crippen LogP contribution is 2.26. The summed E-state index contributed by atoms with van der Waals surface area (Å²) in [5.74, 6) is 0. The SMILES string of the molecule is CCN(Cc1ccncc1)C(c1ccc(Cl)cc1)C(C)N. The second-order valence-corrected chi connectivity index (χ2v) is 5.71. The van der Waals surface area contributed by atoms with E-state index in [1.54, 1.807) is 0 Å². The van der Waals surface area contributed by atoms with Gasteiger partial charge in [-0.1, -0.05) is 30.7 Å². The lowest BCUT2D eigenvalue weighted by Gasteiger charge is -2.34. The zero-order valence-corrected chi connectivity index (χ0v) is 13.3. The Morgan fingerprint density at radius 2 is 1.76 bits per heavy atom. The van der Waals surface area contributed by atoms with Gasteiger partial charge >= 0.3 is 0 Å². The van der Waals surface area contributed by atoms with E-state index in [0.717, 1.165) is 18.1 Å². The van der Waals surface area contributed by atoms with Crippen LogP contribution in [0.5, 0.6) is 0 Å². The molecule has 1 aromatic heterocycles. The Labute approximate surface area is 131 Å². The van der Waals surface area contributed by atoms with Crippen molar-refractivity contribution in [2.45, 2.75) is 32.5 Å². The fourth-order valence-electron chi connectivity index (χ4n) is 2.64. The number of halogens is 1. The molecule has 3 nitrogen and oxygen atoms in total. The average molecular weight is 304 g/mol. The second kappa shape index (κ2) is 7.55. The minimum Gasteiger partial charge on any atom is -0.326 e. The van der Waals surface area contributed by atoms with E-state index >= 15 is 0 Å². The van der Waals surface area contributed by atoms with Gasteiger partial charge < -0.3 is 5.73 Å². The number of likely N-dealkylation sites (N-methyl/N-ethyl adjacent to an activating group) is 1. The molecular weight excluding hydrogens is 282 g/mol. The third-order valence-corrected chi connectivity index (χ3v) is 3.90. The molecule has 0 saturated heterocycles. The largest absolute Gasteiger partial charge is 0.326 e. The highest BCUT2D eigenvalue weighted by Gasteiger charge is 2.23. The van der Waals surface area contributed by atoms with E-state index in [4.69, 9.17) is 17.3 Å². The van der Waals surface area contributed by atoms with Crippen molar-refractivity contribution in [3.63, 3.8) is 0 Å². The molecule has 0 fully saturated rings. The van der Waals surface area contributed by atoms with Crippen molar-refractivity contribution in [2.24, 2.45) is 5.73 Å². The van der Waals surface area contributed by atoms with Gasteiger partial charge in [0.1, 0.15) is 0 Å². The topological polar surface area (TPSA) is 42.2 Å². The zero-order chi connectivity index (χ0) is 15.2. The molecular formula is C17H22ClN3. The Morgan fingerprint density at radius 1 is 1.14 bits per heavy atom. The van der Waals surface area contributed by atoms with Crippen LogP contribution in [-0.2, 0) is 6.54 Å². The lowest BCUT2D eigenvalue weighted by Crippen LogP contribution is -2.39. The van der Waals surface area contributed by atoms with Crippen molar-refractivity contribution in [2.75, 3.05) is 6.54 Å². The first-order valence-corrected chi connectivity index (χ1v) is 7.63. The zero-order valence-electron chi connectivity index (χ0n) is 12.5. The van der Waals surface area contributed by atoms with E-state index in [0.29, 0.717) is 0 Å². The van der Waals surface area contributed by atoms with Crippen LogP contribution in [0.2, 0.25) is 5.02 Å². The first-order valence-electron chi connectivity index (χ1n) is 7.25. The average Bonchev–Trinajstić information content (AvgIpc) is 2.49. The lowest BCUT2D eigenvalue weighted by molar-refractivity contribution is 0.177. The van der Waals surface area contributed by atoms with Crippen LogP contribution in [-0.4, -0.2) is 22.5 Å². The van der Waals surface area contributed by atoms with Crippen LogP contribution in [0.4, 0.5) is 0 Å². The minimum atomic E-state index is 0.0352. The molecule has 0 spiro atoms. The third-order valence-electron chi connectivity index (χ3n) is 3.64. The highest BCUT2D eigenvalue weighted by atomic mass is 35.5. The van der Waals surface area contributed by atoms with Gasteiger partial charge in [0, 0.05) is 36.0 Å². The number of nitrogens with two attached hydrogens (primary N) is 1. The van der Waals surface area contributed by atoms with Gasteiger partial charge in [-0.15, -0.1) is 0 Å². The summed E-state index contributed by atoms with van der Waals surface area (Å²) in [6.45, 7) is 5.99. The number of nitrogens with zero attached hydrogens (tertiary/aromatic N) is 2. The van der Waals surface area contributed by atoms with E-state index in [-0.39, 0.29) is 12.1 Å². The molecule has 21 heavy (non-hydrogen) atoms. The predicted molar refractivity (Wildman–Crippen MR) is 88.2 cm³/mol. The molecule has 0 amide bonds. The van der Waals surface area contributed by atoms with Crippen LogP contribution in [0, 0.1) is 0 Å². The highest BCUT2D eigenvalue weighted by molar-refractivity contribution is 6.30. The van der Waals surface area contributed by atoms with Crippen LogP contribution in [0.3, 0.4) is 0 Å². The van der Waals surface area contributed by atoms with E-state index in [9.17, 15) is 0 Å². The van der Waals surface area contributed by atoms with Gasteiger partial charge in [-0.3, -0.25) is 9.88 Å². The Balaban J connectivity index is 2.24. The lowest BCUT2D eigenvalue weighted by atomic mass is 9.98. The Kier molecular flexibility index (Phi) is 5.74. The number of pyridine rings is 1. The van der Waals surface area contributed by atoms with E-state index < -0.39 is 0 Å². The van der Waals surface area contributed by atoms with Crippen molar-refractivity contribution < 1.29 is 0 Å². The number of aromatic nitrogens is 1. The maximum absolute atomic E-state index is 6.25. The summed E-state index contributed by atoms with van der Waals surface area (Å²) in [5.41, 5.74) is 8.69. The number of benzene rings is 1. The van der Waals surface area contributed by atoms with Crippen LogP contribution >= 0.6 is 11.6 Å². The molecule has 2 aromatic rings. The summed E-state index contributed by atoms with van der Waals surface area (Å²) >= 11 is 5.99. The minimum absolute atomic E-state index is 0.0352. The number of hydrogen-bond donors (Lipinski definition) is 1. The first-order chi connectivity index (χ1) is 10.1. The molecule has 112 valence electrons. The second-order valence-electron chi connectivity index (χ2n) is 5.27. The summed E-state index contributed by atoms with van der Waals surface area (Å²) in [6, 6.07) is 12.3. The van der Waals surface area contributed by atoms with Gasteiger partial charge in [-0.25, -0.2) is 0 Å². The van der Waals surface area contributed by atoms with Crippen molar-refractivity contribution in [1.82, 2.24) is 9.88 Å². The molecule has 0 bridgehead atoms.